The number of nitrogens with zero attached hydrogens (tertiary/aromatic N) is 3. The third kappa shape index (κ3) is 3.02. The number of amides is 1. The maximum atomic E-state index is 12.4. The lowest BCUT2D eigenvalue weighted by atomic mass is 10.1. The normalized spacial score (nSPS) is 25.3. The van der Waals surface area contributed by atoms with E-state index in [0.717, 1.165) is 25.4 Å². The smallest absolute Gasteiger partial charge is 0.275 e. The van der Waals surface area contributed by atoms with Crippen LogP contribution in [0.15, 0.2) is 39.9 Å². The first-order chi connectivity index (χ1) is 11.3. The second kappa shape index (κ2) is 6.17. The topological polar surface area (TPSA) is 72.0 Å². The van der Waals surface area contributed by atoms with E-state index in [4.69, 9.17) is 13.6 Å². The molecule has 2 fully saturated rings. The molecule has 2 aliphatic rings. The average molecular weight is 317 g/mol. The van der Waals surface area contributed by atoms with Crippen LogP contribution in [0.4, 0.5) is 0 Å². The highest BCUT2D eigenvalue weighted by Gasteiger charge is 2.39. The average Bonchev–Trinajstić information content (AvgIpc) is 3.28. The highest BCUT2D eigenvalue weighted by Crippen LogP contribution is 2.25. The van der Waals surface area contributed by atoms with Crippen LogP contribution in [0.1, 0.15) is 16.2 Å². The molecule has 23 heavy (non-hydrogen) atoms. The molecule has 0 aromatic carbocycles. The van der Waals surface area contributed by atoms with Gasteiger partial charge in [0.05, 0.1) is 25.5 Å². The Morgan fingerprint density at radius 1 is 1.35 bits per heavy atom. The number of furan rings is 1. The van der Waals surface area contributed by atoms with Crippen LogP contribution in [0.5, 0.6) is 0 Å². The maximum absolute atomic E-state index is 12.4. The fourth-order valence-corrected chi connectivity index (χ4v) is 3.37. The van der Waals surface area contributed by atoms with E-state index in [1.807, 2.05) is 17.0 Å². The van der Waals surface area contributed by atoms with Gasteiger partial charge in [0.2, 0.25) is 0 Å². The predicted octanol–water partition coefficient (Wildman–Crippen LogP) is 1.24. The maximum Gasteiger partial charge on any atom is 0.275 e. The quantitative estimate of drug-likeness (QED) is 0.848. The van der Waals surface area contributed by atoms with Crippen molar-refractivity contribution in [1.29, 1.82) is 0 Å². The molecule has 0 saturated carbocycles. The Kier molecular flexibility index (Phi) is 3.88. The predicted molar refractivity (Wildman–Crippen MR) is 79.6 cm³/mol. The lowest BCUT2D eigenvalue weighted by Gasteiger charge is -2.22. The number of hydrogen-bond donors (Lipinski definition) is 0. The van der Waals surface area contributed by atoms with Crippen molar-refractivity contribution < 1.29 is 18.4 Å². The molecule has 2 aromatic rings. The summed E-state index contributed by atoms with van der Waals surface area (Å²) in [5, 5.41) is 0. The lowest BCUT2D eigenvalue weighted by Crippen LogP contribution is -2.33. The van der Waals surface area contributed by atoms with Crippen molar-refractivity contribution in [2.24, 2.45) is 5.92 Å². The number of rotatable bonds is 3. The number of hydrogen-bond acceptors (Lipinski definition) is 6. The molecule has 4 rings (SSSR count). The monoisotopic (exact) mass is 317 g/mol. The summed E-state index contributed by atoms with van der Waals surface area (Å²) in [6.45, 7) is 4.53. The van der Waals surface area contributed by atoms with Crippen LogP contribution < -0.4 is 0 Å². The minimum atomic E-state index is -0.0898. The summed E-state index contributed by atoms with van der Waals surface area (Å²) in [5.41, 5.74) is 0.355. The standard InChI is InChI=1S/C16H19N3O4/c20-16(14-10-21-11-17-14)19-7-12-6-18(3-5-23-15(12)9-19)8-13-2-1-4-22-13/h1-2,4,10-12,15H,3,5-9H2/t12-,15+/m0/s1. The van der Waals surface area contributed by atoms with E-state index in [1.54, 1.807) is 6.26 Å². The molecular weight excluding hydrogens is 298 g/mol. The molecule has 2 saturated heterocycles. The van der Waals surface area contributed by atoms with Crippen molar-refractivity contribution in [3.05, 3.63) is 42.5 Å². The van der Waals surface area contributed by atoms with Crippen LogP contribution >= 0.6 is 0 Å². The summed E-state index contributed by atoms with van der Waals surface area (Å²) < 4.78 is 16.3. The van der Waals surface area contributed by atoms with Gasteiger partial charge in [0.15, 0.2) is 12.1 Å². The van der Waals surface area contributed by atoms with Crippen LogP contribution in [0.3, 0.4) is 0 Å². The van der Waals surface area contributed by atoms with Gasteiger partial charge in [-0.3, -0.25) is 9.69 Å². The fraction of sp³-hybridized carbons (Fsp3) is 0.500. The van der Waals surface area contributed by atoms with Gasteiger partial charge in [-0.2, -0.15) is 0 Å². The van der Waals surface area contributed by atoms with Crippen molar-refractivity contribution in [1.82, 2.24) is 14.8 Å². The third-order valence-corrected chi connectivity index (χ3v) is 4.51. The van der Waals surface area contributed by atoms with Gasteiger partial charge in [-0.15, -0.1) is 0 Å². The molecule has 1 amide bonds. The highest BCUT2D eigenvalue weighted by atomic mass is 16.5. The van der Waals surface area contributed by atoms with Gasteiger partial charge in [-0.05, 0) is 12.1 Å². The molecule has 2 atom stereocenters. The molecule has 0 unspecified atom stereocenters. The first-order valence-corrected chi connectivity index (χ1v) is 7.83. The van der Waals surface area contributed by atoms with Crippen molar-refractivity contribution in [3.8, 4) is 0 Å². The molecule has 0 bridgehead atoms. The lowest BCUT2D eigenvalue weighted by molar-refractivity contribution is 0.0481. The summed E-state index contributed by atoms with van der Waals surface area (Å²) >= 11 is 0. The van der Waals surface area contributed by atoms with Crippen molar-refractivity contribution in [3.63, 3.8) is 0 Å². The Morgan fingerprint density at radius 2 is 2.30 bits per heavy atom. The Balaban J connectivity index is 1.41. The molecule has 122 valence electrons. The molecule has 0 N–H and O–H groups in total. The van der Waals surface area contributed by atoms with Crippen LogP contribution in [0.2, 0.25) is 0 Å². The Labute approximate surface area is 133 Å². The van der Waals surface area contributed by atoms with Crippen LogP contribution in [0, 0.1) is 5.92 Å². The zero-order valence-electron chi connectivity index (χ0n) is 12.8. The zero-order valence-corrected chi connectivity index (χ0v) is 12.8. The van der Waals surface area contributed by atoms with Gasteiger partial charge in [0, 0.05) is 32.1 Å². The third-order valence-electron chi connectivity index (χ3n) is 4.51. The Hall–Kier alpha value is -2.12. The SMILES string of the molecule is O=C(c1cocn1)N1C[C@@H]2CN(Cc3ccco3)CCO[C@@H]2C1. The van der Waals surface area contributed by atoms with E-state index in [2.05, 4.69) is 9.88 Å². The van der Waals surface area contributed by atoms with E-state index in [-0.39, 0.29) is 12.0 Å². The van der Waals surface area contributed by atoms with Crippen LogP contribution in [0.25, 0.3) is 0 Å². The highest BCUT2D eigenvalue weighted by molar-refractivity contribution is 5.92. The Bertz CT molecular complexity index is 640. The summed E-state index contributed by atoms with van der Waals surface area (Å²) in [5.74, 6) is 1.17. The van der Waals surface area contributed by atoms with Gasteiger partial charge in [-0.1, -0.05) is 0 Å². The molecule has 7 nitrogen and oxygen atoms in total. The van der Waals surface area contributed by atoms with Gasteiger partial charge < -0.3 is 18.5 Å². The van der Waals surface area contributed by atoms with Crippen LogP contribution in [-0.4, -0.2) is 59.6 Å². The second-order valence-electron chi connectivity index (χ2n) is 6.07. The minimum absolute atomic E-state index is 0.0898. The zero-order chi connectivity index (χ0) is 15.6. The summed E-state index contributed by atoms with van der Waals surface area (Å²) in [7, 11) is 0. The van der Waals surface area contributed by atoms with E-state index >= 15 is 0 Å². The number of aromatic nitrogens is 1. The number of oxazole rings is 1. The Morgan fingerprint density at radius 3 is 3.09 bits per heavy atom. The molecule has 0 radical (unpaired) electrons. The van der Waals surface area contributed by atoms with Gasteiger partial charge in [0.25, 0.3) is 5.91 Å². The first kappa shape index (κ1) is 14.5. The van der Waals surface area contributed by atoms with Crippen LogP contribution in [-0.2, 0) is 11.3 Å². The summed E-state index contributed by atoms with van der Waals surface area (Å²) in [6, 6.07) is 3.89. The van der Waals surface area contributed by atoms with Crippen molar-refractivity contribution >= 4 is 5.91 Å². The minimum Gasteiger partial charge on any atom is -0.468 e. The van der Waals surface area contributed by atoms with Gasteiger partial charge >= 0.3 is 0 Å². The number of ether oxygens (including phenoxy) is 1. The van der Waals surface area contributed by atoms with E-state index in [9.17, 15) is 4.79 Å². The second-order valence-corrected chi connectivity index (χ2v) is 6.07. The number of carbonyl (C=O) groups is 1. The summed E-state index contributed by atoms with van der Waals surface area (Å²) in [6.07, 6.45) is 4.46. The van der Waals surface area contributed by atoms with E-state index in [0.29, 0.717) is 31.3 Å². The number of likely N-dealkylation sites (tertiary alicyclic amines) is 1. The molecule has 4 heterocycles. The molecule has 0 spiro atoms. The molecule has 2 aliphatic heterocycles. The number of carbonyl (C=O) groups excluding carboxylic acids is 1. The number of fused-ring (bicyclic) bond motifs is 1. The van der Waals surface area contributed by atoms with Crippen molar-refractivity contribution in [2.75, 3.05) is 32.8 Å². The van der Waals surface area contributed by atoms with E-state index in [1.165, 1.54) is 12.7 Å². The van der Waals surface area contributed by atoms with Crippen molar-refractivity contribution in [2.45, 2.75) is 12.6 Å². The molecule has 2 aromatic heterocycles. The first-order valence-electron chi connectivity index (χ1n) is 7.83. The molecule has 7 heteroatoms. The largest absolute Gasteiger partial charge is 0.468 e. The van der Waals surface area contributed by atoms with E-state index < -0.39 is 0 Å². The molecular formula is C16H19N3O4. The summed E-state index contributed by atoms with van der Waals surface area (Å²) in [4.78, 5) is 20.5. The fourth-order valence-electron chi connectivity index (χ4n) is 3.37. The van der Waals surface area contributed by atoms with Gasteiger partial charge in [0.1, 0.15) is 12.0 Å². The molecule has 0 aliphatic carbocycles. The van der Waals surface area contributed by atoms with Gasteiger partial charge in [-0.25, -0.2) is 4.98 Å².